The van der Waals surface area contributed by atoms with Crippen LogP contribution in [0.5, 0.6) is 5.75 Å². The molecule has 1 aliphatic rings. The number of nitrogens with zero attached hydrogens (tertiary/aromatic N) is 2. The number of rotatable bonds is 5. The minimum absolute atomic E-state index is 0.0121. The zero-order chi connectivity index (χ0) is 21.0. The van der Waals surface area contributed by atoms with Crippen LogP contribution in [0, 0.1) is 0 Å². The highest BCUT2D eigenvalue weighted by Gasteiger charge is 2.34. The van der Waals surface area contributed by atoms with Gasteiger partial charge in [-0.3, -0.25) is 14.5 Å². The molecule has 2 aromatic carbocycles. The number of amides is 2. The number of carbonyl (C=O) groups is 3. The molecule has 0 aliphatic carbocycles. The first-order chi connectivity index (χ1) is 13.9. The van der Waals surface area contributed by atoms with Gasteiger partial charge in [0, 0.05) is 19.2 Å². The Kier molecular flexibility index (Phi) is 6.18. The number of carbonyl (C=O) groups excluding carboxylic acids is 3. The Labute approximate surface area is 171 Å². The summed E-state index contributed by atoms with van der Waals surface area (Å²) in [6.07, 6.45) is 0.0229. The predicted octanol–water partition coefficient (Wildman–Crippen LogP) is 1.65. The third-order valence-corrected chi connectivity index (χ3v) is 5.49. The van der Waals surface area contributed by atoms with Gasteiger partial charge in [-0.2, -0.15) is 0 Å². The molecule has 1 saturated heterocycles. The van der Waals surface area contributed by atoms with Crippen LogP contribution in [0.3, 0.4) is 0 Å². The van der Waals surface area contributed by atoms with Crippen LogP contribution in [0.4, 0.5) is 11.4 Å². The van der Waals surface area contributed by atoms with Gasteiger partial charge in [0.1, 0.15) is 16.7 Å². The molecule has 0 saturated carbocycles. The van der Waals surface area contributed by atoms with Crippen molar-refractivity contribution in [3.8, 4) is 5.75 Å². The number of anilines is 1. The van der Waals surface area contributed by atoms with E-state index < -0.39 is 11.2 Å². The molecule has 29 heavy (non-hydrogen) atoms. The van der Waals surface area contributed by atoms with Crippen molar-refractivity contribution in [2.45, 2.75) is 11.7 Å². The number of ether oxygens (including phenoxy) is 1. The zero-order valence-corrected chi connectivity index (χ0v) is 16.6. The number of nitrogens with one attached hydrogen (secondary N) is 1. The molecule has 1 heterocycles. The van der Waals surface area contributed by atoms with E-state index in [1.807, 2.05) is 6.07 Å². The second-order valence-electron chi connectivity index (χ2n) is 6.18. The Hall–Kier alpha value is -3.33. The highest BCUT2D eigenvalue weighted by atomic mass is 32.2. The number of hydrogen-bond acceptors (Lipinski definition) is 7. The number of aliphatic imine (C=N–C) groups is 1. The summed E-state index contributed by atoms with van der Waals surface area (Å²) >= 11 is 1.18. The molecule has 1 atom stereocenters. The fourth-order valence-electron chi connectivity index (χ4n) is 2.64. The van der Waals surface area contributed by atoms with Gasteiger partial charge in [0.25, 0.3) is 0 Å². The second-order valence-corrected chi connectivity index (χ2v) is 7.35. The number of carboxylic acids is 1. The summed E-state index contributed by atoms with van der Waals surface area (Å²) in [6, 6.07) is 12.7. The maximum absolute atomic E-state index is 12.6. The maximum atomic E-state index is 12.6. The topological polar surface area (TPSA) is 111 Å². The molecule has 1 fully saturated rings. The van der Waals surface area contributed by atoms with Crippen LogP contribution in [0.15, 0.2) is 53.5 Å². The van der Waals surface area contributed by atoms with E-state index >= 15 is 0 Å². The summed E-state index contributed by atoms with van der Waals surface area (Å²) in [6.45, 7) is 0. The van der Waals surface area contributed by atoms with Gasteiger partial charge in [-0.25, -0.2) is 4.99 Å². The van der Waals surface area contributed by atoms with E-state index in [9.17, 15) is 19.5 Å². The average molecular weight is 412 g/mol. The van der Waals surface area contributed by atoms with Crippen molar-refractivity contribution < 1.29 is 24.2 Å². The highest BCUT2D eigenvalue weighted by molar-refractivity contribution is 8.15. The number of carboxylic acid groups (broad SMARTS) is 1. The summed E-state index contributed by atoms with van der Waals surface area (Å²) in [5, 5.41) is 13.2. The summed E-state index contributed by atoms with van der Waals surface area (Å²) in [5.74, 6) is -1.34. The molecule has 9 heteroatoms. The van der Waals surface area contributed by atoms with Crippen molar-refractivity contribution in [2.24, 2.45) is 4.99 Å². The minimum Gasteiger partial charge on any atom is -0.545 e. The van der Waals surface area contributed by atoms with E-state index in [1.54, 1.807) is 25.2 Å². The Morgan fingerprint density at radius 2 is 1.90 bits per heavy atom. The molecule has 0 unspecified atom stereocenters. The quantitative estimate of drug-likeness (QED) is 0.799. The molecular formula is C20H18N3O5S-. The summed E-state index contributed by atoms with van der Waals surface area (Å²) in [5.41, 5.74) is 0.990. The van der Waals surface area contributed by atoms with Crippen LogP contribution in [0.25, 0.3) is 0 Å². The molecule has 1 N–H and O–H groups in total. The van der Waals surface area contributed by atoms with Crippen LogP contribution >= 0.6 is 11.8 Å². The van der Waals surface area contributed by atoms with Crippen LogP contribution in [-0.2, 0) is 9.59 Å². The van der Waals surface area contributed by atoms with Crippen molar-refractivity contribution in [2.75, 3.05) is 19.5 Å². The van der Waals surface area contributed by atoms with Gasteiger partial charge >= 0.3 is 0 Å². The van der Waals surface area contributed by atoms with E-state index in [0.717, 1.165) is 0 Å². The average Bonchev–Trinajstić information content (AvgIpc) is 2.72. The van der Waals surface area contributed by atoms with E-state index in [-0.39, 0.29) is 23.8 Å². The Bertz CT molecular complexity index is 974. The number of para-hydroxylation sites is 2. The van der Waals surface area contributed by atoms with Gasteiger partial charge in [-0.1, -0.05) is 36.0 Å². The van der Waals surface area contributed by atoms with Gasteiger partial charge in [0.05, 0.1) is 13.1 Å². The SMILES string of the molecule is COc1ccccc1N=C1S[C@H](C(=O)Nc2ccc(C(=O)[O-])cc2)CC(=O)N1C. The van der Waals surface area contributed by atoms with E-state index in [4.69, 9.17) is 4.74 Å². The van der Waals surface area contributed by atoms with Gasteiger partial charge in [-0.05, 0) is 29.8 Å². The van der Waals surface area contributed by atoms with Crippen LogP contribution in [-0.4, -0.2) is 47.3 Å². The molecule has 0 bridgehead atoms. The summed E-state index contributed by atoms with van der Waals surface area (Å²) < 4.78 is 5.28. The molecule has 0 radical (unpaired) electrons. The number of methoxy groups -OCH3 is 1. The van der Waals surface area contributed by atoms with Gasteiger partial charge < -0.3 is 20.0 Å². The fourth-order valence-corrected chi connectivity index (χ4v) is 3.69. The number of benzene rings is 2. The predicted molar refractivity (Wildman–Crippen MR) is 108 cm³/mol. The molecule has 8 nitrogen and oxygen atoms in total. The van der Waals surface area contributed by atoms with E-state index in [1.165, 1.54) is 48.0 Å². The second kappa shape index (κ2) is 8.78. The molecule has 2 aromatic rings. The lowest BCUT2D eigenvalue weighted by molar-refractivity contribution is -0.255. The van der Waals surface area contributed by atoms with Gasteiger partial charge in [-0.15, -0.1) is 0 Å². The molecule has 2 amide bonds. The molecule has 3 rings (SSSR count). The van der Waals surface area contributed by atoms with Crippen molar-refractivity contribution >= 4 is 46.1 Å². The lowest BCUT2D eigenvalue weighted by Gasteiger charge is -2.29. The van der Waals surface area contributed by atoms with Crippen molar-refractivity contribution in [3.63, 3.8) is 0 Å². The number of aromatic carboxylic acids is 1. The van der Waals surface area contributed by atoms with Gasteiger partial charge in [0.2, 0.25) is 11.8 Å². The lowest BCUT2D eigenvalue weighted by Crippen LogP contribution is -2.43. The fraction of sp³-hybridized carbons (Fsp3) is 0.200. The first kappa shape index (κ1) is 20.4. The minimum atomic E-state index is -1.29. The molecule has 0 aromatic heterocycles. The number of hydrogen-bond donors (Lipinski definition) is 1. The normalized spacial score (nSPS) is 17.9. The standard InChI is InChI=1S/C20H19N3O5S/c1-23-17(24)11-16(18(25)21-13-9-7-12(8-10-13)19(26)27)29-20(23)22-14-5-3-4-6-15(14)28-2/h3-10,16H,11H2,1-2H3,(H,21,25)(H,26,27)/p-1/t16-/m0/s1. The van der Waals surface area contributed by atoms with Crippen molar-refractivity contribution in [3.05, 3.63) is 54.1 Å². The molecule has 0 spiro atoms. The van der Waals surface area contributed by atoms with E-state index in [2.05, 4.69) is 10.3 Å². The highest BCUT2D eigenvalue weighted by Crippen LogP contribution is 2.32. The summed E-state index contributed by atoms with van der Waals surface area (Å²) in [4.78, 5) is 41.8. The van der Waals surface area contributed by atoms with Crippen molar-refractivity contribution in [1.82, 2.24) is 4.90 Å². The third kappa shape index (κ3) is 4.75. The molecule has 150 valence electrons. The Balaban J connectivity index is 1.78. The number of amidine groups is 1. The largest absolute Gasteiger partial charge is 0.545 e. The molecule has 1 aliphatic heterocycles. The van der Waals surface area contributed by atoms with Crippen LogP contribution < -0.4 is 15.2 Å². The first-order valence-electron chi connectivity index (χ1n) is 8.66. The monoisotopic (exact) mass is 412 g/mol. The third-order valence-electron chi connectivity index (χ3n) is 4.25. The lowest BCUT2D eigenvalue weighted by atomic mass is 10.2. The van der Waals surface area contributed by atoms with Crippen LogP contribution in [0.1, 0.15) is 16.8 Å². The maximum Gasteiger partial charge on any atom is 0.238 e. The van der Waals surface area contributed by atoms with Crippen LogP contribution in [0.2, 0.25) is 0 Å². The first-order valence-corrected chi connectivity index (χ1v) is 9.54. The Morgan fingerprint density at radius 3 is 2.55 bits per heavy atom. The van der Waals surface area contributed by atoms with E-state index in [0.29, 0.717) is 22.3 Å². The smallest absolute Gasteiger partial charge is 0.238 e. The summed E-state index contributed by atoms with van der Waals surface area (Å²) in [7, 11) is 3.14. The Morgan fingerprint density at radius 1 is 1.21 bits per heavy atom. The van der Waals surface area contributed by atoms with Gasteiger partial charge in [0.15, 0.2) is 5.17 Å². The zero-order valence-electron chi connectivity index (χ0n) is 15.7. The molecular weight excluding hydrogens is 394 g/mol. The van der Waals surface area contributed by atoms with Crippen molar-refractivity contribution in [1.29, 1.82) is 0 Å². The number of thioether (sulfide) groups is 1.